The van der Waals surface area contributed by atoms with Crippen molar-refractivity contribution in [2.24, 2.45) is 5.92 Å². The molecule has 7 heteroatoms. The number of anilines is 1. The van der Waals surface area contributed by atoms with Gasteiger partial charge in [0.25, 0.3) is 0 Å². The monoisotopic (exact) mass is 518 g/mol. The molecular weight excluding hydrogens is 468 g/mol. The van der Waals surface area contributed by atoms with Crippen molar-refractivity contribution in [1.29, 1.82) is 0 Å². The van der Waals surface area contributed by atoms with Gasteiger partial charge in [0.15, 0.2) is 0 Å². The summed E-state index contributed by atoms with van der Waals surface area (Å²) in [7, 11) is 0. The molecule has 0 aromatic carbocycles. The van der Waals surface area contributed by atoms with Crippen molar-refractivity contribution in [2.45, 2.75) is 116 Å². The standard InChI is InChI=1S/C30H50N2O5/c1-3-4-5-6-7-8-9-10-11-12-13-14-15-16-21-35-23-27-22-29(36-24-27)25-37-30(34)32(26(2)33)28-17-19-31-20-18-28/h17-20,27,29H,3-16,21-25H2,1-2H3/t27-,29-/m1/s1. The highest BCUT2D eigenvalue weighted by molar-refractivity contribution is 6.11. The van der Waals surface area contributed by atoms with Crippen LogP contribution in [0.4, 0.5) is 10.5 Å². The quantitative estimate of drug-likeness (QED) is 0.167. The predicted octanol–water partition coefficient (Wildman–Crippen LogP) is 7.47. The average Bonchev–Trinajstić information content (AvgIpc) is 3.35. The van der Waals surface area contributed by atoms with Crippen LogP contribution in [0.25, 0.3) is 0 Å². The van der Waals surface area contributed by atoms with E-state index in [0.717, 1.165) is 24.3 Å². The van der Waals surface area contributed by atoms with Crippen LogP contribution in [-0.2, 0) is 19.0 Å². The number of rotatable bonds is 20. The number of carbonyl (C=O) groups is 2. The number of unbranched alkanes of at least 4 members (excludes halogenated alkanes) is 13. The lowest BCUT2D eigenvalue weighted by Gasteiger charge is -2.19. The molecule has 7 nitrogen and oxygen atoms in total. The van der Waals surface area contributed by atoms with E-state index in [1.165, 1.54) is 103 Å². The summed E-state index contributed by atoms with van der Waals surface area (Å²) in [6.07, 6.45) is 22.0. The molecule has 1 saturated heterocycles. The van der Waals surface area contributed by atoms with Crippen LogP contribution in [0.2, 0.25) is 0 Å². The van der Waals surface area contributed by atoms with E-state index in [2.05, 4.69) is 11.9 Å². The zero-order chi connectivity index (χ0) is 26.6. The molecule has 2 amide bonds. The number of pyridine rings is 1. The van der Waals surface area contributed by atoms with Crippen LogP contribution in [0.15, 0.2) is 24.5 Å². The molecule has 0 spiro atoms. The molecule has 37 heavy (non-hydrogen) atoms. The van der Waals surface area contributed by atoms with Gasteiger partial charge in [-0.05, 0) is 25.0 Å². The number of amides is 2. The number of carbonyl (C=O) groups excluding carboxylic acids is 2. The van der Waals surface area contributed by atoms with Gasteiger partial charge in [-0.2, -0.15) is 0 Å². The van der Waals surface area contributed by atoms with E-state index in [4.69, 9.17) is 14.2 Å². The average molecular weight is 519 g/mol. The Morgan fingerprint density at radius 1 is 0.892 bits per heavy atom. The van der Waals surface area contributed by atoms with Crippen molar-refractivity contribution in [3.8, 4) is 0 Å². The van der Waals surface area contributed by atoms with Crippen LogP contribution >= 0.6 is 0 Å². The first-order valence-electron chi connectivity index (χ1n) is 14.7. The molecule has 2 rings (SSSR count). The number of hydrogen-bond donors (Lipinski definition) is 0. The summed E-state index contributed by atoms with van der Waals surface area (Å²) in [4.78, 5) is 29.3. The van der Waals surface area contributed by atoms with Gasteiger partial charge in [-0.1, -0.05) is 90.4 Å². The van der Waals surface area contributed by atoms with Crippen LogP contribution in [-0.4, -0.2) is 49.5 Å². The van der Waals surface area contributed by atoms with Crippen molar-refractivity contribution in [3.05, 3.63) is 24.5 Å². The van der Waals surface area contributed by atoms with E-state index < -0.39 is 12.0 Å². The topological polar surface area (TPSA) is 78.0 Å². The number of hydrogen-bond acceptors (Lipinski definition) is 6. The van der Waals surface area contributed by atoms with Gasteiger partial charge in [0, 0.05) is 31.8 Å². The fraction of sp³-hybridized carbons (Fsp3) is 0.767. The first-order chi connectivity index (χ1) is 18.1. The van der Waals surface area contributed by atoms with Crippen LogP contribution in [0, 0.1) is 5.92 Å². The Morgan fingerprint density at radius 2 is 1.46 bits per heavy atom. The SMILES string of the molecule is CCCCCCCCCCCCCCCCOC[C@@H]1CO[C@@H](COC(=O)N(C(C)=O)c2ccncc2)C1. The molecule has 0 saturated carbocycles. The van der Waals surface area contributed by atoms with Crippen LogP contribution < -0.4 is 4.90 Å². The summed E-state index contributed by atoms with van der Waals surface area (Å²) in [5.74, 6) is -0.0854. The van der Waals surface area contributed by atoms with Crippen LogP contribution in [0.1, 0.15) is 110 Å². The summed E-state index contributed by atoms with van der Waals surface area (Å²) < 4.78 is 17.0. The Kier molecular flexibility index (Phi) is 16.9. The summed E-state index contributed by atoms with van der Waals surface area (Å²) in [6, 6.07) is 3.19. The second-order valence-electron chi connectivity index (χ2n) is 10.4. The van der Waals surface area contributed by atoms with Crippen LogP contribution in [0.3, 0.4) is 0 Å². The second-order valence-corrected chi connectivity index (χ2v) is 10.4. The maximum absolute atomic E-state index is 12.4. The highest BCUT2D eigenvalue weighted by Gasteiger charge is 2.28. The Morgan fingerprint density at radius 3 is 2.03 bits per heavy atom. The molecule has 0 bridgehead atoms. The smallest absolute Gasteiger partial charge is 0.421 e. The van der Waals surface area contributed by atoms with Crippen molar-refractivity contribution < 1.29 is 23.8 Å². The summed E-state index contributed by atoms with van der Waals surface area (Å²) >= 11 is 0. The molecule has 1 aromatic rings. The van der Waals surface area contributed by atoms with E-state index in [-0.39, 0.29) is 12.7 Å². The minimum absolute atomic E-state index is 0.128. The molecule has 1 aliphatic rings. The maximum Gasteiger partial charge on any atom is 0.421 e. The zero-order valence-electron chi connectivity index (χ0n) is 23.3. The predicted molar refractivity (Wildman–Crippen MR) is 148 cm³/mol. The maximum atomic E-state index is 12.4. The second kappa shape index (κ2) is 20.0. The minimum atomic E-state index is -0.695. The molecule has 0 N–H and O–H groups in total. The van der Waals surface area contributed by atoms with Crippen molar-refractivity contribution >= 4 is 17.7 Å². The first-order valence-corrected chi connectivity index (χ1v) is 14.7. The summed E-state index contributed by atoms with van der Waals surface area (Å²) in [5.41, 5.74) is 0.439. The first kappa shape index (κ1) is 31.2. The molecule has 2 atom stereocenters. The third-order valence-electron chi connectivity index (χ3n) is 6.97. The fourth-order valence-electron chi connectivity index (χ4n) is 4.80. The van der Waals surface area contributed by atoms with Gasteiger partial charge in [-0.25, -0.2) is 9.69 Å². The molecule has 2 heterocycles. The lowest BCUT2D eigenvalue weighted by molar-refractivity contribution is -0.116. The van der Waals surface area contributed by atoms with Gasteiger partial charge in [-0.3, -0.25) is 9.78 Å². The van der Waals surface area contributed by atoms with Gasteiger partial charge < -0.3 is 14.2 Å². The number of aromatic nitrogens is 1. The molecule has 210 valence electrons. The zero-order valence-corrected chi connectivity index (χ0v) is 23.3. The van der Waals surface area contributed by atoms with E-state index in [1.54, 1.807) is 12.1 Å². The minimum Gasteiger partial charge on any atom is -0.446 e. The van der Waals surface area contributed by atoms with Gasteiger partial charge in [0.05, 0.1) is 25.0 Å². The lowest BCUT2D eigenvalue weighted by atomic mass is 10.0. The molecule has 0 unspecified atom stereocenters. The Labute approximate surface area is 224 Å². The van der Waals surface area contributed by atoms with E-state index in [1.807, 2.05) is 0 Å². The number of imide groups is 1. The normalized spacial score (nSPS) is 17.1. The van der Waals surface area contributed by atoms with E-state index >= 15 is 0 Å². The van der Waals surface area contributed by atoms with Gasteiger partial charge >= 0.3 is 6.09 Å². The van der Waals surface area contributed by atoms with Crippen molar-refractivity contribution in [2.75, 3.05) is 31.3 Å². The molecular formula is C30H50N2O5. The third kappa shape index (κ3) is 13.9. The Bertz CT molecular complexity index is 730. The number of ether oxygens (including phenoxy) is 3. The summed E-state index contributed by atoms with van der Waals surface area (Å²) in [5, 5.41) is 0. The Hall–Kier alpha value is -1.99. The Balaban J connectivity index is 1.41. The van der Waals surface area contributed by atoms with Gasteiger partial charge in [0.1, 0.15) is 6.61 Å². The van der Waals surface area contributed by atoms with E-state index in [9.17, 15) is 9.59 Å². The summed E-state index contributed by atoms with van der Waals surface area (Å²) in [6.45, 7) is 5.83. The van der Waals surface area contributed by atoms with E-state index in [0.29, 0.717) is 24.8 Å². The van der Waals surface area contributed by atoms with Gasteiger partial charge in [0.2, 0.25) is 5.91 Å². The molecule has 0 radical (unpaired) electrons. The van der Waals surface area contributed by atoms with Gasteiger partial charge in [-0.15, -0.1) is 0 Å². The fourth-order valence-corrected chi connectivity index (χ4v) is 4.80. The highest BCUT2D eigenvalue weighted by atomic mass is 16.6. The molecule has 0 aliphatic carbocycles. The lowest BCUT2D eigenvalue weighted by Crippen LogP contribution is -2.37. The van der Waals surface area contributed by atoms with Crippen LogP contribution in [0.5, 0.6) is 0 Å². The largest absolute Gasteiger partial charge is 0.446 e. The highest BCUT2D eigenvalue weighted by Crippen LogP contribution is 2.21. The third-order valence-corrected chi connectivity index (χ3v) is 6.97. The molecule has 1 fully saturated rings. The molecule has 1 aromatic heterocycles. The molecule has 1 aliphatic heterocycles. The number of nitrogens with zero attached hydrogens (tertiary/aromatic N) is 2. The van der Waals surface area contributed by atoms with Crippen molar-refractivity contribution in [1.82, 2.24) is 4.98 Å². The van der Waals surface area contributed by atoms with Crippen molar-refractivity contribution in [3.63, 3.8) is 0 Å².